The third kappa shape index (κ3) is 3.30. The third-order valence-electron chi connectivity index (χ3n) is 2.68. The molecule has 0 aliphatic heterocycles. The van der Waals surface area contributed by atoms with Crippen LogP contribution in [0.2, 0.25) is 0 Å². The number of hydrogen-bond acceptors (Lipinski definition) is 4. The summed E-state index contributed by atoms with van der Waals surface area (Å²) in [5, 5.41) is 18.5. The van der Waals surface area contributed by atoms with E-state index in [0.29, 0.717) is 0 Å². The van der Waals surface area contributed by atoms with Crippen molar-refractivity contribution in [3.05, 3.63) is 35.9 Å². The molecule has 0 spiro atoms. The second-order valence-corrected chi connectivity index (χ2v) is 4.52. The highest BCUT2D eigenvalue weighted by molar-refractivity contribution is 5.85. The number of aliphatic hydroxyl groups is 1. The Hall–Kier alpha value is -1.88. The molecule has 0 saturated heterocycles. The Morgan fingerprint density at radius 3 is 2.33 bits per heavy atom. The molecular formula is C13H16O5. The molecule has 1 rings (SSSR count). The smallest absolute Gasteiger partial charge is 0.336 e. The Morgan fingerprint density at radius 1 is 1.28 bits per heavy atom. The quantitative estimate of drug-likeness (QED) is 0.769. The summed E-state index contributed by atoms with van der Waals surface area (Å²) in [5.41, 5.74) is -0.806. The van der Waals surface area contributed by atoms with Crippen molar-refractivity contribution in [2.24, 2.45) is 5.41 Å². The fourth-order valence-electron chi connectivity index (χ4n) is 1.22. The first-order valence-electron chi connectivity index (χ1n) is 5.47. The van der Waals surface area contributed by atoms with Crippen molar-refractivity contribution in [3.8, 4) is 0 Å². The molecule has 5 heteroatoms. The fourth-order valence-corrected chi connectivity index (χ4v) is 1.22. The summed E-state index contributed by atoms with van der Waals surface area (Å²) in [6.45, 7) is 2.54. The van der Waals surface area contributed by atoms with Gasteiger partial charge in [-0.2, -0.15) is 0 Å². The van der Waals surface area contributed by atoms with Gasteiger partial charge in [-0.1, -0.05) is 30.3 Å². The Labute approximate surface area is 105 Å². The van der Waals surface area contributed by atoms with E-state index in [9.17, 15) is 14.7 Å². The molecule has 1 atom stereocenters. The molecule has 0 amide bonds. The van der Waals surface area contributed by atoms with Crippen LogP contribution in [0.4, 0.5) is 0 Å². The standard InChI is InChI=1S/C13H16O5/c1-13(2,12(16)17)10(14)11(15)18-8-9-6-4-3-5-7-9/h3-7,10,14H,8H2,1-2H3,(H,16,17). The molecular weight excluding hydrogens is 236 g/mol. The Kier molecular flexibility index (Phi) is 4.44. The maximum Gasteiger partial charge on any atom is 0.336 e. The molecule has 0 bridgehead atoms. The Bertz CT molecular complexity index is 424. The summed E-state index contributed by atoms with van der Waals surface area (Å²) < 4.78 is 4.87. The van der Waals surface area contributed by atoms with E-state index in [1.807, 2.05) is 6.07 Å². The van der Waals surface area contributed by atoms with Crippen molar-refractivity contribution in [2.75, 3.05) is 0 Å². The molecule has 2 N–H and O–H groups in total. The van der Waals surface area contributed by atoms with Gasteiger partial charge in [0.1, 0.15) is 6.61 Å². The number of ether oxygens (including phenoxy) is 1. The van der Waals surface area contributed by atoms with Gasteiger partial charge in [0.05, 0.1) is 5.41 Å². The molecule has 98 valence electrons. The molecule has 0 aromatic heterocycles. The summed E-state index contributed by atoms with van der Waals surface area (Å²) in [5.74, 6) is -2.20. The fraction of sp³-hybridized carbons (Fsp3) is 0.385. The van der Waals surface area contributed by atoms with Crippen LogP contribution in [0.1, 0.15) is 19.4 Å². The maximum absolute atomic E-state index is 11.5. The van der Waals surface area contributed by atoms with E-state index in [1.165, 1.54) is 13.8 Å². The van der Waals surface area contributed by atoms with Gasteiger partial charge in [0.15, 0.2) is 6.10 Å². The van der Waals surface area contributed by atoms with Crippen molar-refractivity contribution < 1.29 is 24.5 Å². The highest BCUT2D eigenvalue weighted by Gasteiger charge is 2.41. The molecule has 0 aliphatic rings. The normalized spacial score (nSPS) is 12.8. The van der Waals surface area contributed by atoms with Crippen LogP contribution in [0.3, 0.4) is 0 Å². The van der Waals surface area contributed by atoms with Crippen molar-refractivity contribution in [2.45, 2.75) is 26.6 Å². The summed E-state index contributed by atoms with van der Waals surface area (Å²) in [7, 11) is 0. The molecule has 0 saturated carbocycles. The number of esters is 1. The molecule has 18 heavy (non-hydrogen) atoms. The lowest BCUT2D eigenvalue weighted by Gasteiger charge is -2.24. The van der Waals surface area contributed by atoms with Crippen molar-refractivity contribution in [1.29, 1.82) is 0 Å². The zero-order valence-electron chi connectivity index (χ0n) is 10.3. The first kappa shape index (κ1) is 14.2. The Morgan fingerprint density at radius 2 is 1.83 bits per heavy atom. The molecule has 1 aromatic carbocycles. The largest absolute Gasteiger partial charge is 0.481 e. The second kappa shape index (κ2) is 5.64. The second-order valence-electron chi connectivity index (χ2n) is 4.52. The number of carbonyl (C=O) groups is 2. The molecule has 5 nitrogen and oxygen atoms in total. The molecule has 0 fully saturated rings. The van der Waals surface area contributed by atoms with E-state index < -0.39 is 23.5 Å². The summed E-state index contributed by atoms with van der Waals surface area (Å²) in [4.78, 5) is 22.4. The number of aliphatic hydroxyl groups excluding tert-OH is 1. The minimum Gasteiger partial charge on any atom is -0.481 e. The topological polar surface area (TPSA) is 83.8 Å². The van der Waals surface area contributed by atoms with Crippen LogP contribution in [-0.4, -0.2) is 28.3 Å². The van der Waals surface area contributed by atoms with E-state index >= 15 is 0 Å². The summed E-state index contributed by atoms with van der Waals surface area (Å²) in [6.07, 6.45) is -1.70. The van der Waals surface area contributed by atoms with E-state index in [0.717, 1.165) is 5.56 Å². The highest BCUT2D eigenvalue weighted by atomic mass is 16.5. The van der Waals surface area contributed by atoms with Crippen LogP contribution in [0.5, 0.6) is 0 Å². The number of carboxylic acids is 1. The van der Waals surface area contributed by atoms with Crippen LogP contribution in [0.25, 0.3) is 0 Å². The minimum absolute atomic E-state index is 0.00638. The SMILES string of the molecule is CC(C)(C(=O)O)C(O)C(=O)OCc1ccccc1. The van der Waals surface area contributed by atoms with E-state index in [1.54, 1.807) is 24.3 Å². The maximum atomic E-state index is 11.5. The van der Waals surface area contributed by atoms with Gasteiger partial charge in [0.2, 0.25) is 0 Å². The van der Waals surface area contributed by atoms with Gasteiger partial charge >= 0.3 is 11.9 Å². The predicted molar refractivity (Wildman–Crippen MR) is 63.7 cm³/mol. The van der Waals surface area contributed by atoms with Gasteiger partial charge in [0, 0.05) is 0 Å². The first-order valence-corrected chi connectivity index (χ1v) is 5.47. The zero-order valence-corrected chi connectivity index (χ0v) is 10.3. The third-order valence-corrected chi connectivity index (χ3v) is 2.68. The average Bonchev–Trinajstić information content (AvgIpc) is 2.36. The highest BCUT2D eigenvalue weighted by Crippen LogP contribution is 2.22. The number of carbonyl (C=O) groups excluding carboxylic acids is 1. The van der Waals surface area contributed by atoms with Gasteiger partial charge in [-0.25, -0.2) is 4.79 Å². The number of benzene rings is 1. The zero-order chi connectivity index (χ0) is 13.8. The lowest BCUT2D eigenvalue weighted by atomic mass is 9.87. The molecule has 0 aliphatic carbocycles. The predicted octanol–water partition coefficient (Wildman–Crippen LogP) is 1.20. The number of hydrogen-bond donors (Lipinski definition) is 2. The van der Waals surface area contributed by atoms with E-state index in [2.05, 4.69) is 0 Å². The van der Waals surface area contributed by atoms with E-state index in [-0.39, 0.29) is 6.61 Å². The molecule has 1 aromatic rings. The van der Waals surface area contributed by atoms with Crippen molar-refractivity contribution in [3.63, 3.8) is 0 Å². The minimum atomic E-state index is -1.70. The van der Waals surface area contributed by atoms with Crippen LogP contribution in [0, 0.1) is 5.41 Å². The Balaban J connectivity index is 2.59. The number of aliphatic carboxylic acids is 1. The molecule has 0 heterocycles. The molecule has 1 unspecified atom stereocenters. The summed E-state index contributed by atoms with van der Waals surface area (Å²) in [6, 6.07) is 8.94. The number of rotatable bonds is 5. The van der Waals surface area contributed by atoms with Crippen LogP contribution in [-0.2, 0) is 20.9 Å². The van der Waals surface area contributed by atoms with Crippen molar-refractivity contribution in [1.82, 2.24) is 0 Å². The van der Waals surface area contributed by atoms with Gasteiger partial charge in [0.25, 0.3) is 0 Å². The van der Waals surface area contributed by atoms with Gasteiger partial charge in [-0.05, 0) is 19.4 Å². The summed E-state index contributed by atoms with van der Waals surface area (Å²) >= 11 is 0. The first-order chi connectivity index (χ1) is 8.35. The lowest BCUT2D eigenvalue weighted by molar-refractivity contribution is -0.171. The van der Waals surface area contributed by atoms with Crippen molar-refractivity contribution >= 4 is 11.9 Å². The van der Waals surface area contributed by atoms with Crippen LogP contribution in [0.15, 0.2) is 30.3 Å². The van der Waals surface area contributed by atoms with E-state index in [4.69, 9.17) is 9.84 Å². The lowest BCUT2D eigenvalue weighted by Crippen LogP contribution is -2.43. The van der Waals surface area contributed by atoms with Gasteiger partial charge in [-0.15, -0.1) is 0 Å². The number of carboxylic acid groups (broad SMARTS) is 1. The average molecular weight is 252 g/mol. The monoisotopic (exact) mass is 252 g/mol. The van der Waals surface area contributed by atoms with Gasteiger partial charge < -0.3 is 14.9 Å². The van der Waals surface area contributed by atoms with Crippen LogP contribution < -0.4 is 0 Å². The van der Waals surface area contributed by atoms with Crippen LogP contribution >= 0.6 is 0 Å². The van der Waals surface area contributed by atoms with Gasteiger partial charge in [-0.3, -0.25) is 4.79 Å². The molecule has 0 radical (unpaired) electrons.